The number of rotatable bonds is 7. The minimum Gasteiger partial charge on any atom is -0.292 e. The second kappa shape index (κ2) is 11.1. The fourth-order valence-corrected chi connectivity index (χ4v) is 2.18. The summed E-state index contributed by atoms with van der Waals surface area (Å²) in [5.74, 6) is -0.643. The number of amides is 2. The third-order valence-corrected chi connectivity index (χ3v) is 3.54. The van der Waals surface area contributed by atoms with Crippen molar-refractivity contribution in [2.75, 3.05) is 13.1 Å². The first-order valence-electron chi connectivity index (χ1n) is 8.49. The van der Waals surface area contributed by atoms with Gasteiger partial charge >= 0.3 is 0 Å². The van der Waals surface area contributed by atoms with Gasteiger partial charge in [-0.3, -0.25) is 25.2 Å². The summed E-state index contributed by atoms with van der Waals surface area (Å²) in [4.78, 5) is 31.7. The van der Waals surface area contributed by atoms with Crippen molar-refractivity contribution in [3.8, 4) is 0 Å². The molecule has 2 amide bonds. The molecule has 0 aliphatic rings. The topological polar surface area (TPSA) is 119 Å². The van der Waals surface area contributed by atoms with Gasteiger partial charge in [0, 0.05) is 29.1 Å². The van der Waals surface area contributed by atoms with E-state index in [1.54, 1.807) is 48.5 Å². The summed E-state index contributed by atoms with van der Waals surface area (Å²) in [6, 6.07) is 17.3. The first-order chi connectivity index (χ1) is 13.2. The molecule has 2 aromatic carbocycles. The number of carbonyl (C=O) groups is 2. The van der Waals surface area contributed by atoms with Crippen LogP contribution < -0.4 is 10.6 Å². The van der Waals surface area contributed by atoms with Crippen LogP contribution in [0.25, 0.3) is 10.4 Å². The Kier molecular flexibility index (Phi) is 8.07. The summed E-state index contributed by atoms with van der Waals surface area (Å²) in [6.45, 7) is 0.758. The Labute approximate surface area is 156 Å². The third-order valence-electron chi connectivity index (χ3n) is 3.54. The summed E-state index contributed by atoms with van der Waals surface area (Å²) in [6.07, 6.45) is 1.32. The third kappa shape index (κ3) is 7.01. The molecule has 0 aromatic heterocycles. The molecule has 138 valence electrons. The molecule has 0 unspecified atom stereocenters. The summed E-state index contributed by atoms with van der Waals surface area (Å²) in [5, 5.41) is 8.72. The molecular formula is C19H20N6O2. The van der Waals surface area contributed by atoms with Crippen molar-refractivity contribution in [1.82, 2.24) is 10.6 Å². The molecular weight excluding hydrogens is 344 g/mol. The molecule has 0 fully saturated rings. The zero-order chi connectivity index (χ0) is 19.3. The highest BCUT2D eigenvalue weighted by Crippen LogP contribution is 2.00. The number of hydrogen-bond acceptors (Lipinski definition) is 4. The van der Waals surface area contributed by atoms with Crippen molar-refractivity contribution < 1.29 is 9.59 Å². The number of nitrogens with zero attached hydrogens (tertiary/aromatic N) is 4. The van der Waals surface area contributed by atoms with E-state index in [1.165, 1.54) is 0 Å². The number of aliphatic imine (C=N–C) groups is 1. The minimum absolute atomic E-state index is 0.0847. The average molecular weight is 364 g/mol. The molecule has 27 heavy (non-hydrogen) atoms. The van der Waals surface area contributed by atoms with Crippen LogP contribution in [-0.2, 0) is 0 Å². The molecule has 8 heteroatoms. The average Bonchev–Trinajstić information content (AvgIpc) is 2.71. The van der Waals surface area contributed by atoms with E-state index in [0.717, 1.165) is 0 Å². The maximum atomic E-state index is 12.3. The fraction of sp³-hybridized carbons (Fsp3) is 0.211. The zero-order valence-corrected chi connectivity index (χ0v) is 14.7. The zero-order valence-electron chi connectivity index (χ0n) is 14.7. The molecule has 0 aliphatic carbocycles. The smallest absolute Gasteiger partial charge is 0.257 e. The van der Waals surface area contributed by atoms with E-state index < -0.39 is 0 Å². The molecule has 0 radical (unpaired) electrons. The largest absolute Gasteiger partial charge is 0.292 e. The number of guanidine groups is 1. The van der Waals surface area contributed by atoms with E-state index in [0.29, 0.717) is 37.1 Å². The Bertz CT molecular complexity index is 774. The highest BCUT2D eigenvalue weighted by molar-refractivity contribution is 6.12. The van der Waals surface area contributed by atoms with Crippen molar-refractivity contribution in [1.29, 1.82) is 0 Å². The van der Waals surface area contributed by atoms with E-state index >= 15 is 0 Å². The Hall–Kier alpha value is -3.64. The number of azide groups is 1. The molecule has 0 saturated heterocycles. The molecule has 2 aromatic rings. The van der Waals surface area contributed by atoms with E-state index in [4.69, 9.17) is 5.53 Å². The molecule has 8 nitrogen and oxygen atoms in total. The van der Waals surface area contributed by atoms with Crippen molar-refractivity contribution in [2.24, 2.45) is 10.1 Å². The SMILES string of the molecule is [N-]=[N+]=NCCCCN=C(NC(=O)c1ccccc1)NC(=O)c1ccccc1. The van der Waals surface area contributed by atoms with E-state index in [1.807, 2.05) is 12.1 Å². The van der Waals surface area contributed by atoms with Crippen molar-refractivity contribution in [3.63, 3.8) is 0 Å². The fourth-order valence-electron chi connectivity index (χ4n) is 2.18. The lowest BCUT2D eigenvalue weighted by Gasteiger charge is -2.11. The lowest BCUT2D eigenvalue weighted by molar-refractivity contribution is 0.0966. The Balaban J connectivity index is 2.04. The van der Waals surface area contributed by atoms with Gasteiger partial charge in [-0.1, -0.05) is 41.5 Å². The van der Waals surface area contributed by atoms with Crippen LogP contribution in [0.4, 0.5) is 0 Å². The molecule has 2 rings (SSSR count). The Morgan fingerprint density at radius 1 is 0.815 bits per heavy atom. The second-order valence-electron chi connectivity index (χ2n) is 5.53. The minimum atomic E-state index is -0.364. The first kappa shape index (κ1) is 19.7. The monoisotopic (exact) mass is 364 g/mol. The standard InChI is InChI=1S/C19H20N6O2/c20-25-22-14-8-7-13-21-19(23-17(26)15-9-3-1-4-10-15)24-18(27)16-11-5-2-6-12-16/h1-6,9-12H,7-8,13-14H2,(H2,21,23,24,26,27). The summed E-state index contributed by atoms with van der Waals surface area (Å²) in [5.41, 5.74) is 9.18. The van der Waals surface area contributed by atoms with Crippen LogP contribution in [0.5, 0.6) is 0 Å². The Morgan fingerprint density at radius 3 is 1.78 bits per heavy atom. The number of carbonyl (C=O) groups excluding carboxylic acids is 2. The van der Waals surface area contributed by atoms with Crippen LogP contribution in [-0.4, -0.2) is 30.9 Å². The molecule has 0 spiro atoms. The van der Waals surface area contributed by atoms with Crippen LogP contribution in [0.3, 0.4) is 0 Å². The maximum Gasteiger partial charge on any atom is 0.257 e. The van der Waals surface area contributed by atoms with Gasteiger partial charge in [0.25, 0.3) is 11.8 Å². The van der Waals surface area contributed by atoms with Crippen molar-refractivity contribution in [2.45, 2.75) is 12.8 Å². The van der Waals surface area contributed by atoms with Crippen molar-refractivity contribution >= 4 is 17.8 Å². The van der Waals surface area contributed by atoms with E-state index in [2.05, 4.69) is 25.7 Å². The van der Waals surface area contributed by atoms with Gasteiger partial charge in [-0.2, -0.15) is 0 Å². The van der Waals surface area contributed by atoms with Crippen LogP contribution in [0, 0.1) is 0 Å². The molecule has 0 heterocycles. The van der Waals surface area contributed by atoms with Crippen LogP contribution in [0.1, 0.15) is 33.6 Å². The van der Waals surface area contributed by atoms with Crippen molar-refractivity contribution in [3.05, 3.63) is 82.2 Å². The number of nitrogens with one attached hydrogen (secondary N) is 2. The normalized spacial score (nSPS) is 9.63. The summed E-state index contributed by atoms with van der Waals surface area (Å²) >= 11 is 0. The summed E-state index contributed by atoms with van der Waals surface area (Å²) in [7, 11) is 0. The van der Waals surface area contributed by atoms with Gasteiger partial charge in [-0.25, -0.2) is 0 Å². The second-order valence-corrected chi connectivity index (χ2v) is 5.53. The Morgan fingerprint density at radius 2 is 1.30 bits per heavy atom. The highest BCUT2D eigenvalue weighted by atomic mass is 16.2. The number of benzene rings is 2. The highest BCUT2D eigenvalue weighted by Gasteiger charge is 2.12. The molecule has 2 N–H and O–H groups in total. The van der Waals surface area contributed by atoms with Gasteiger partial charge in [-0.05, 0) is 42.6 Å². The van der Waals surface area contributed by atoms with Gasteiger partial charge in [0.15, 0.2) is 0 Å². The first-order valence-corrected chi connectivity index (χ1v) is 8.49. The lowest BCUT2D eigenvalue weighted by Crippen LogP contribution is -2.44. The molecule has 0 atom stereocenters. The van der Waals surface area contributed by atoms with E-state index in [-0.39, 0.29) is 17.8 Å². The van der Waals surface area contributed by atoms with Crippen LogP contribution in [0.2, 0.25) is 0 Å². The van der Waals surface area contributed by atoms with Gasteiger partial charge in [0.1, 0.15) is 0 Å². The number of hydrogen-bond donors (Lipinski definition) is 2. The van der Waals surface area contributed by atoms with Crippen LogP contribution in [0.15, 0.2) is 70.8 Å². The number of unbranched alkanes of at least 4 members (excludes halogenated alkanes) is 1. The molecule has 0 aliphatic heterocycles. The van der Waals surface area contributed by atoms with Gasteiger partial charge in [0.05, 0.1) is 0 Å². The predicted octanol–water partition coefficient (Wildman–Crippen LogP) is 3.29. The summed E-state index contributed by atoms with van der Waals surface area (Å²) < 4.78 is 0. The molecule has 0 saturated carbocycles. The predicted molar refractivity (Wildman–Crippen MR) is 103 cm³/mol. The van der Waals surface area contributed by atoms with E-state index in [9.17, 15) is 9.59 Å². The maximum absolute atomic E-state index is 12.3. The van der Waals surface area contributed by atoms with Gasteiger partial charge in [-0.15, -0.1) is 0 Å². The van der Waals surface area contributed by atoms with Gasteiger partial charge < -0.3 is 0 Å². The van der Waals surface area contributed by atoms with Gasteiger partial charge in [0.2, 0.25) is 5.96 Å². The van der Waals surface area contributed by atoms with Crippen LogP contribution >= 0.6 is 0 Å². The molecule has 0 bridgehead atoms. The quantitative estimate of drug-likeness (QED) is 0.196. The lowest BCUT2D eigenvalue weighted by atomic mass is 10.2.